The van der Waals surface area contributed by atoms with Crippen LogP contribution in [0.5, 0.6) is 0 Å². The lowest BCUT2D eigenvalue weighted by molar-refractivity contribution is -0.124. The van der Waals surface area contributed by atoms with Crippen LogP contribution in [0.2, 0.25) is 0 Å². The van der Waals surface area contributed by atoms with Crippen LogP contribution in [0.3, 0.4) is 0 Å². The van der Waals surface area contributed by atoms with Crippen LogP contribution in [-0.2, 0) is 9.59 Å². The number of hydrogen-bond donors (Lipinski definition) is 2. The van der Waals surface area contributed by atoms with Crippen LogP contribution in [0.1, 0.15) is 56.9 Å². The second-order valence-corrected chi connectivity index (χ2v) is 7.47. The lowest BCUT2D eigenvalue weighted by Gasteiger charge is -2.26. The minimum absolute atomic E-state index is 0.0678. The average Bonchev–Trinajstić information content (AvgIpc) is 3.49. The fraction of sp³-hybridized carbons (Fsp3) is 0.600. The third-order valence-electron chi connectivity index (χ3n) is 5.14. The van der Waals surface area contributed by atoms with E-state index in [0.717, 1.165) is 0 Å². The van der Waals surface area contributed by atoms with E-state index in [4.69, 9.17) is 0 Å². The van der Waals surface area contributed by atoms with Crippen LogP contribution in [0, 0.1) is 11.8 Å². The van der Waals surface area contributed by atoms with Gasteiger partial charge in [0.25, 0.3) is 0 Å². The summed E-state index contributed by atoms with van der Waals surface area (Å²) in [5.41, 5.74) is 1.19. The first-order valence-corrected chi connectivity index (χ1v) is 9.23. The molecule has 0 radical (unpaired) electrons. The van der Waals surface area contributed by atoms with Gasteiger partial charge in [0.2, 0.25) is 11.8 Å². The maximum atomic E-state index is 12.2. The van der Waals surface area contributed by atoms with Crippen molar-refractivity contribution in [3.63, 3.8) is 0 Å². The molecule has 2 fully saturated rings. The second-order valence-electron chi connectivity index (χ2n) is 7.47. The van der Waals surface area contributed by atoms with E-state index in [2.05, 4.69) is 29.7 Å². The lowest BCUT2D eigenvalue weighted by atomic mass is 9.93. The number of rotatable bonds is 9. The lowest BCUT2D eigenvalue weighted by Crippen LogP contribution is -2.46. The van der Waals surface area contributed by atoms with Gasteiger partial charge in [-0.15, -0.1) is 0 Å². The highest BCUT2D eigenvalue weighted by atomic mass is 16.2. The molecule has 2 aliphatic carbocycles. The van der Waals surface area contributed by atoms with Gasteiger partial charge < -0.3 is 10.6 Å². The zero-order chi connectivity index (χ0) is 16.9. The Morgan fingerprint density at radius 2 is 1.58 bits per heavy atom. The largest absolute Gasteiger partial charge is 0.354 e. The van der Waals surface area contributed by atoms with Crippen molar-refractivity contribution in [2.45, 2.75) is 57.4 Å². The molecule has 2 N–H and O–H groups in total. The predicted octanol–water partition coefficient (Wildman–Crippen LogP) is 2.99. The third kappa shape index (κ3) is 5.36. The molecule has 24 heavy (non-hydrogen) atoms. The molecule has 3 rings (SSSR count). The summed E-state index contributed by atoms with van der Waals surface area (Å²) >= 11 is 0. The molecule has 0 unspecified atom stereocenters. The Balaban J connectivity index is 1.57. The zero-order valence-electron chi connectivity index (χ0n) is 14.5. The normalized spacial score (nSPS) is 19.4. The SMILES string of the molecule is C[C@H](c1ccccc1)[C@H](CNC(=O)CC1CC1)NC(=O)CC1CC1. The molecule has 0 aromatic heterocycles. The number of benzene rings is 1. The van der Waals surface area contributed by atoms with Crippen molar-refractivity contribution in [2.24, 2.45) is 11.8 Å². The van der Waals surface area contributed by atoms with Gasteiger partial charge in [-0.1, -0.05) is 37.3 Å². The molecular formula is C20H28N2O2. The van der Waals surface area contributed by atoms with Crippen molar-refractivity contribution in [1.82, 2.24) is 10.6 Å². The van der Waals surface area contributed by atoms with Gasteiger partial charge in [0, 0.05) is 25.3 Å². The molecule has 2 amide bonds. The van der Waals surface area contributed by atoms with Crippen molar-refractivity contribution < 1.29 is 9.59 Å². The summed E-state index contributed by atoms with van der Waals surface area (Å²) in [6.07, 6.45) is 5.94. The number of carbonyl (C=O) groups excluding carboxylic acids is 2. The highest BCUT2D eigenvalue weighted by Gasteiger charge is 2.28. The maximum absolute atomic E-state index is 12.2. The molecule has 2 aliphatic rings. The van der Waals surface area contributed by atoms with Crippen LogP contribution in [0.25, 0.3) is 0 Å². The third-order valence-corrected chi connectivity index (χ3v) is 5.14. The summed E-state index contributed by atoms with van der Waals surface area (Å²) in [6, 6.07) is 10.1. The van der Waals surface area contributed by atoms with Crippen molar-refractivity contribution in [2.75, 3.05) is 6.54 Å². The van der Waals surface area contributed by atoms with Crippen LogP contribution < -0.4 is 10.6 Å². The Labute approximate surface area is 144 Å². The Kier molecular flexibility index (Phi) is 5.54. The van der Waals surface area contributed by atoms with Gasteiger partial charge in [-0.25, -0.2) is 0 Å². The molecule has 4 heteroatoms. The van der Waals surface area contributed by atoms with Crippen molar-refractivity contribution in [3.8, 4) is 0 Å². The van der Waals surface area contributed by atoms with Crippen LogP contribution >= 0.6 is 0 Å². The Hall–Kier alpha value is -1.84. The molecular weight excluding hydrogens is 300 g/mol. The van der Waals surface area contributed by atoms with Gasteiger partial charge in [0.1, 0.15) is 0 Å². The quantitative estimate of drug-likeness (QED) is 0.732. The molecule has 1 aromatic carbocycles. The van der Waals surface area contributed by atoms with E-state index >= 15 is 0 Å². The summed E-state index contributed by atoms with van der Waals surface area (Å²) in [4.78, 5) is 24.3. The van der Waals surface area contributed by atoms with E-state index in [9.17, 15) is 9.59 Å². The smallest absolute Gasteiger partial charge is 0.220 e. The zero-order valence-corrected chi connectivity index (χ0v) is 14.5. The summed E-state index contributed by atoms with van der Waals surface area (Å²) in [6.45, 7) is 2.61. The summed E-state index contributed by atoms with van der Waals surface area (Å²) in [7, 11) is 0. The molecule has 0 bridgehead atoms. The molecule has 130 valence electrons. The van der Waals surface area contributed by atoms with Gasteiger partial charge in [-0.05, 0) is 43.1 Å². The Morgan fingerprint density at radius 3 is 2.17 bits per heavy atom. The molecule has 4 nitrogen and oxygen atoms in total. The van der Waals surface area contributed by atoms with Crippen molar-refractivity contribution in [3.05, 3.63) is 35.9 Å². The molecule has 2 atom stereocenters. The predicted molar refractivity (Wildman–Crippen MR) is 94.5 cm³/mol. The van der Waals surface area contributed by atoms with Gasteiger partial charge in [-0.2, -0.15) is 0 Å². The first-order chi connectivity index (χ1) is 11.6. The van der Waals surface area contributed by atoms with E-state index in [1.807, 2.05) is 18.2 Å². The Morgan fingerprint density at radius 1 is 1.00 bits per heavy atom. The topological polar surface area (TPSA) is 58.2 Å². The summed E-state index contributed by atoms with van der Waals surface area (Å²) in [5, 5.41) is 6.18. The van der Waals surface area contributed by atoms with Crippen LogP contribution in [-0.4, -0.2) is 24.4 Å². The van der Waals surface area contributed by atoms with E-state index in [1.165, 1.54) is 31.2 Å². The number of nitrogens with one attached hydrogen (secondary N) is 2. The summed E-state index contributed by atoms with van der Waals surface area (Å²) < 4.78 is 0. The highest BCUT2D eigenvalue weighted by molar-refractivity contribution is 5.78. The number of carbonyl (C=O) groups is 2. The van der Waals surface area contributed by atoms with Crippen LogP contribution in [0.15, 0.2) is 30.3 Å². The standard InChI is InChI=1S/C20H28N2O2/c1-14(17-5-3-2-4-6-17)18(22-20(24)12-16-9-10-16)13-21-19(23)11-15-7-8-15/h2-6,14-16,18H,7-13H2,1H3,(H,21,23)(H,22,24)/t14-,18+/m1/s1. The number of hydrogen-bond acceptors (Lipinski definition) is 2. The minimum Gasteiger partial charge on any atom is -0.354 e. The fourth-order valence-electron chi connectivity index (χ4n) is 3.07. The molecule has 1 aromatic rings. The minimum atomic E-state index is -0.0678. The fourth-order valence-corrected chi connectivity index (χ4v) is 3.07. The first-order valence-electron chi connectivity index (χ1n) is 9.23. The van der Waals surface area contributed by atoms with E-state index in [-0.39, 0.29) is 23.8 Å². The maximum Gasteiger partial charge on any atom is 0.220 e. The van der Waals surface area contributed by atoms with E-state index in [0.29, 0.717) is 31.2 Å². The molecule has 0 aliphatic heterocycles. The van der Waals surface area contributed by atoms with Crippen LogP contribution in [0.4, 0.5) is 0 Å². The van der Waals surface area contributed by atoms with Gasteiger partial charge in [0.15, 0.2) is 0 Å². The second kappa shape index (κ2) is 7.82. The van der Waals surface area contributed by atoms with Crippen molar-refractivity contribution in [1.29, 1.82) is 0 Å². The average molecular weight is 328 g/mol. The van der Waals surface area contributed by atoms with Crippen molar-refractivity contribution >= 4 is 11.8 Å². The Bertz CT molecular complexity index is 564. The first kappa shape index (κ1) is 17.0. The monoisotopic (exact) mass is 328 g/mol. The molecule has 0 spiro atoms. The summed E-state index contributed by atoms with van der Waals surface area (Å²) in [5.74, 6) is 1.54. The van der Waals surface area contributed by atoms with Gasteiger partial charge in [0.05, 0.1) is 6.04 Å². The van der Waals surface area contributed by atoms with Gasteiger partial charge >= 0.3 is 0 Å². The van der Waals surface area contributed by atoms with Gasteiger partial charge in [-0.3, -0.25) is 9.59 Å². The molecule has 0 saturated heterocycles. The molecule has 0 heterocycles. The highest BCUT2D eigenvalue weighted by Crippen LogP contribution is 2.33. The van der Waals surface area contributed by atoms with E-state index < -0.39 is 0 Å². The number of amides is 2. The van der Waals surface area contributed by atoms with E-state index in [1.54, 1.807) is 0 Å². The molecule has 2 saturated carbocycles.